The molecule has 3 rings (SSSR count). The van der Waals surface area contributed by atoms with Crippen molar-refractivity contribution in [1.82, 2.24) is 5.32 Å². The summed E-state index contributed by atoms with van der Waals surface area (Å²) in [5.41, 5.74) is 1.91. The number of nitrogens with one attached hydrogen (secondary N) is 3. The number of benzene rings is 2. The Kier molecular flexibility index (Phi) is 7.10. The number of carbonyl (C=O) groups excluding carboxylic acids is 2. The summed E-state index contributed by atoms with van der Waals surface area (Å²) in [6.45, 7) is 1.78. The highest BCUT2D eigenvalue weighted by Crippen LogP contribution is 2.34. The molecule has 0 fully saturated rings. The van der Waals surface area contributed by atoms with Crippen molar-refractivity contribution in [1.29, 1.82) is 0 Å². The van der Waals surface area contributed by atoms with E-state index in [0.29, 0.717) is 39.2 Å². The molecule has 0 atom stereocenters. The zero-order valence-electron chi connectivity index (χ0n) is 15.8. The summed E-state index contributed by atoms with van der Waals surface area (Å²) in [4.78, 5) is 23.8. The van der Waals surface area contributed by atoms with Gasteiger partial charge in [0.15, 0.2) is 10.9 Å². The van der Waals surface area contributed by atoms with Gasteiger partial charge in [0.2, 0.25) is 5.91 Å². The van der Waals surface area contributed by atoms with Crippen molar-refractivity contribution < 1.29 is 14.0 Å². The molecule has 154 valence electrons. The molecular formula is C21H17Cl2N3O3S. The highest BCUT2D eigenvalue weighted by Gasteiger charge is 2.16. The molecule has 2 amide bonds. The predicted octanol–water partition coefficient (Wildman–Crippen LogP) is 5.73. The van der Waals surface area contributed by atoms with Crippen LogP contribution in [0.4, 0.5) is 11.4 Å². The maximum absolute atomic E-state index is 12.4. The number of thiocarbonyl (C=S) groups is 1. The number of halogens is 2. The van der Waals surface area contributed by atoms with E-state index in [9.17, 15) is 9.59 Å². The molecule has 6 nitrogen and oxygen atoms in total. The van der Waals surface area contributed by atoms with E-state index in [2.05, 4.69) is 16.0 Å². The van der Waals surface area contributed by atoms with E-state index in [1.54, 1.807) is 55.5 Å². The first-order valence-electron chi connectivity index (χ1n) is 8.94. The Morgan fingerprint density at radius 3 is 2.30 bits per heavy atom. The molecule has 1 heterocycles. The van der Waals surface area contributed by atoms with E-state index in [1.807, 2.05) is 0 Å². The van der Waals surface area contributed by atoms with E-state index >= 15 is 0 Å². The molecule has 0 saturated heterocycles. The molecule has 0 aliphatic carbocycles. The fourth-order valence-corrected chi connectivity index (χ4v) is 3.12. The predicted molar refractivity (Wildman–Crippen MR) is 123 cm³/mol. The maximum atomic E-state index is 12.4. The zero-order chi connectivity index (χ0) is 21.7. The van der Waals surface area contributed by atoms with Crippen molar-refractivity contribution in [3.8, 4) is 11.3 Å². The quantitative estimate of drug-likeness (QED) is 0.422. The number of carbonyl (C=O) groups is 2. The van der Waals surface area contributed by atoms with E-state index in [0.717, 1.165) is 0 Å². The molecule has 30 heavy (non-hydrogen) atoms. The van der Waals surface area contributed by atoms with Gasteiger partial charge in [-0.05, 0) is 60.7 Å². The second-order valence-electron chi connectivity index (χ2n) is 6.15. The monoisotopic (exact) mass is 461 g/mol. The van der Waals surface area contributed by atoms with Gasteiger partial charge in [-0.3, -0.25) is 14.9 Å². The third kappa shape index (κ3) is 5.38. The number of furan rings is 1. The minimum atomic E-state index is -0.510. The van der Waals surface area contributed by atoms with Gasteiger partial charge < -0.3 is 15.1 Å². The van der Waals surface area contributed by atoms with Crippen molar-refractivity contribution in [2.45, 2.75) is 13.3 Å². The van der Waals surface area contributed by atoms with Crippen LogP contribution in [0.3, 0.4) is 0 Å². The van der Waals surface area contributed by atoms with Crippen LogP contribution in [0.5, 0.6) is 0 Å². The van der Waals surface area contributed by atoms with Crippen molar-refractivity contribution in [3.05, 3.63) is 70.4 Å². The average molecular weight is 462 g/mol. The summed E-state index contributed by atoms with van der Waals surface area (Å²) in [5.74, 6) is -0.0989. The van der Waals surface area contributed by atoms with Gasteiger partial charge in [-0.25, -0.2) is 0 Å². The maximum Gasteiger partial charge on any atom is 0.293 e. The lowest BCUT2D eigenvalue weighted by Crippen LogP contribution is -2.33. The Balaban J connectivity index is 1.61. The van der Waals surface area contributed by atoms with Gasteiger partial charge in [-0.15, -0.1) is 0 Å². The SMILES string of the molecule is CCC(=O)Nc1ccc(NC(=S)NC(=O)c2ccc(-c3cccc(Cl)c3Cl)o2)cc1. The number of hydrogen-bond donors (Lipinski definition) is 3. The van der Waals surface area contributed by atoms with Crippen LogP contribution in [-0.2, 0) is 4.79 Å². The Morgan fingerprint density at radius 2 is 1.63 bits per heavy atom. The highest BCUT2D eigenvalue weighted by molar-refractivity contribution is 7.80. The normalized spacial score (nSPS) is 10.4. The number of rotatable bonds is 5. The second-order valence-corrected chi connectivity index (χ2v) is 7.35. The molecule has 0 radical (unpaired) electrons. The number of anilines is 2. The minimum Gasteiger partial charge on any atom is -0.451 e. The molecule has 2 aromatic carbocycles. The van der Waals surface area contributed by atoms with Crippen molar-refractivity contribution in [2.24, 2.45) is 0 Å². The third-order valence-electron chi connectivity index (χ3n) is 4.02. The van der Waals surface area contributed by atoms with Crippen LogP contribution in [-0.4, -0.2) is 16.9 Å². The smallest absolute Gasteiger partial charge is 0.293 e. The molecule has 3 N–H and O–H groups in total. The molecule has 9 heteroatoms. The molecule has 0 aliphatic heterocycles. The van der Waals surface area contributed by atoms with Crippen LogP contribution in [0, 0.1) is 0 Å². The standard InChI is InChI=1S/C21H17Cl2N3O3S/c1-2-18(27)24-12-6-8-13(9-7-12)25-21(30)26-20(28)17-11-10-16(29-17)14-4-3-5-15(22)19(14)23/h3-11H,2H2,1H3,(H,24,27)(H2,25,26,28,30). The Labute approximate surface area is 188 Å². The first kappa shape index (κ1) is 21.8. The summed E-state index contributed by atoms with van der Waals surface area (Å²) in [6.07, 6.45) is 0.397. The first-order chi connectivity index (χ1) is 14.4. The van der Waals surface area contributed by atoms with Gasteiger partial charge in [-0.2, -0.15) is 0 Å². The Morgan fingerprint density at radius 1 is 0.967 bits per heavy atom. The van der Waals surface area contributed by atoms with Gasteiger partial charge in [0.25, 0.3) is 5.91 Å². The summed E-state index contributed by atoms with van der Waals surface area (Å²) >= 11 is 17.4. The largest absolute Gasteiger partial charge is 0.451 e. The molecule has 0 bridgehead atoms. The Hall–Kier alpha value is -2.87. The van der Waals surface area contributed by atoms with Crippen molar-refractivity contribution in [2.75, 3.05) is 10.6 Å². The van der Waals surface area contributed by atoms with E-state index in [1.165, 1.54) is 6.07 Å². The van der Waals surface area contributed by atoms with E-state index < -0.39 is 5.91 Å². The summed E-state index contributed by atoms with van der Waals surface area (Å²) in [6, 6.07) is 15.2. The molecular weight excluding hydrogens is 445 g/mol. The van der Waals surface area contributed by atoms with Crippen LogP contribution < -0.4 is 16.0 Å². The van der Waals surface area contributed by atoms with E-state index in [-0.39, 0.29) is 16.8 Å². The lowest BCUT2D eigenvalue weighted by molar-refractivity contribution is -0.115. The minimum absolute atomic E-state index is 0.0721. The number of hydrogen-bond acceptors (Lipinski definition) is 4. The topological polar surface area (TPSA) is 83.4 Å². The van der Waals surface area contributed by atoms with Crippen molar-refractivity contribution >= 4 is 63.7 Å². The van der Waals surface area contributed by atoms with Crippen LogP contribution in [0.25, 0.3) is 11.3 Å². The lowest BCUT2D eigenvalue weighted by Gasteiger charge is -2.10. The van der Waals surface area contributed by atoms with Crippen LogP contribution in [0.15, 0.2) is 59.0 Å². The van der Waals surface area contributed by atoms with Gasteiger partial charge >= 0.3 is 0 Å². The van der Waals surface area contributed by atoms with Gasteiger partial charge in [-0.1, -0.05) is 36.2 Å². The zero-order valence-corrected chi connectivity index (χ0v) is 18.1. The van der Waals surface area contributed by atoms with Crippen LogP contribution in [0.2, 0.25) is 10.0 Å². The van der Waals surface area contributed by atoms with E-state index in [4.69, 9.17) is 39.8 Å². The lowest BCUT2D eigenvalue weighted by atomic mass is 10.2. The molecule has 3 aromatic rings. The third-order valence-corrected chi connectivity index (χ3v) is 5.04. The Bertz CT molecular complexity index is 1100. The second kappa shape index (κ2) is 9.75. The average Bonchev–Trinajstić information content (AvgIpc) is 3.21. The van der Waals surface area contributed by atoms with Crippen molar-refractivity contribution in [3.63, 3.8) is 0 Å². The first-order valence-corrected chi connectivity index (χ1v) is 10.1. The van der Waals surface area contributed by atoms with Gasteiger partial charge in [0.1, 0.15) is 5.76 Å². The fraction of sp³-hybridized carbons (Fsp3) is 0.0952. The summed E-state index contributed by atoms with van der Waals surface area (Å²) in [7, 11) is 0. The van der Waals surface area contributed by atoms with Gasteiger partial charge in [0, 0.05) is 23.4 Å². The van der Waals surface area contributed by atoms with Crippen LogP contribution in [0.1, 0.15) is 23.9 Å². The molecule has 0 spiro atoms. The fourth-order valence-electron chi connectivity index (χ4n) is 2.51. The highest BCUT2D eigenvalue weighted by atomic mass is 35.5. The number of amides is 2. The summed E-state index contributed by atoms with van der Waals surface area (Å²) < 4.78 is 5.60. The van der Waals surface area contributed by atoms with Gasteiger partial charge in [0.05, 0.1) is 10.0 Å². The molecule has 0 aliphatic rings. The summed E-state index contributed by atoms with van der Waals surface area (Å²) in [5, 5.41) is 9.03. The molecule has 0 saturated carbocycles. The molecule has 1 aromatic heterocycles. The molecule has 0 unspecified atom stereocenters. The van der Waals surface area contributed by atoms with Crippen LogP contribution >= 0.6 is 35.4 Å².